The van der Waals surface area contributed by atoms with Gasteiger partial charge < -0.3 is 10.6 Å². The van der Waals surface area contributed by atoms with E-state index in [4.69, 9.17) is 0 Å². The van der Waals surface area contributed by atoms with E-state index in [0.29, 0.717) is 0 Å². The van der Waals surface area contributed by atoms with Gasteiger partial charge in [0, 0.05) is 5.69 Å². The fourth-order valence-corrected chi connectivity index (χ4v) is 4.00. The number of nitrogens with one attached hydrogen (secondary N) is 2. The topological polar surface area (TPSA) is 58.2 Å². The van der Waals surface area contributed by atoms with Crippen molar-refractivity contribution in [2.45, 2.75) is 44.4 Å². The molecule has 4 nitrogen and oxygen atoms in total. The lowest BCUT2D eigenvalue weighted by atomic mass is 9.88. The Kier molecular flexibility index (Phi) is 6.56. The van der Waals surface area contributed by atoms with Gasteiger partial charge in [0.15, 0.2) is 0 Å². The molecule has 0 unspecified atom stereocenters. The van der Waals surface area contributed by atoms with Crippen LogP contribution < -0.4 is 10.6 Å². The van der Waals surface area contributed by atoms with Gasteiger partial charge in [-0.05, 0) is 56.4 Å². The smallest absolute Gasteiger partial charge is 0.234 e. The highest BCUT2D eigenvalue weighted by molar-refractivity contribution is 8.01. The molecule has 0 spiro atoms. The van der Waals surface area contributed by atoms with Crippen LogP contribution in [0.25, 0.3) is 0 Å². The van der Waals surface area contributed by atoms with E-state index in [-0.39, 0.29) is 28.9 Å². The molecule has 0 aromatic heterocycles. The standard InChI is InChI=1S/C22H26N2O2S/c1-15-10-12-18(13-11-15)23-21(25)14-27-16(2)22(26)24-20-9-5-7-17-6-3-4-8-19(17)20/h3-4,6,8,10-13,16,20H,5,7,9,14H2,1-2H3,(H,23,25)(H,24,26)/t16-,20+/m1/s1. The van der Waals surface area contributed by atoms with Crippen molar-refractivity contribution >= 4 is 29.3 Å². The summed E-state index contributed by atoms with van der Waals surface area (Å²) in [6.07, 6.45) is 3.13. The van der Waals surface area contributed by atoms with E-state index in [1.165, 1.54) is 22.9 Å². The van der Waals surface area contributed by atoms with E-state index in [1.807, 2.05) is 50.2 Å². The van der Waals surface area contributed by atoms with Crippen LogP contribution >= 0.6 is 11.8 Å². The van der Waals surface area contributed by atoms with E-state index in [2.05, 4.69) is 22.8 Å². The summed E-state index contributed by atoms with van der Waals surface area (Å²) in [6, 6.07) is 16.1. The number of carbonyl (C=O) groups excluding carboxylic acids is 2. The van der Waals surface area contributed by atoms with Gasteiger partial charge in [0.1, 0.15) is 0 Å². The number of hydrogen-bond acceptors (Lipinski definition) is 3. The first-order valence-corrected chi connectivity index (χ1v) is 10.4. The average Bonchev–Trinajstić information content (AvgIpc) is 2.68. The first-order chi connectivity index (χ1) is 13.0. The number of amides is 2. The summed E-state index contributed by atoms with van der Waals surface area (Å²) in [7, 11) is 0. The van der Waals surface area contributed by atoms with Gasteiger partial charge in [0.25, 0.3) is 0 Å². The molecule has 3 rings (SSSR count). The molecule has 0 heterocycles. The van der Waals surface area contributed by atoms with E-state index < -0.39 is 0 Å². The number of anilines is 1. The van der Waals surface area contributed by atoms with Gasteiger partial charge in [-0.3, -0.25) is 9.59 Å². The van der Waals surface area contributed by atoms with Gasteiger partial charge in [-0.25, -0.2) is 0 Å². The van der Waals surface area contributed by atoms with Gasteiger partial charge in [0.05, 0.1) is 17.0 Å². The van der Waals surface area contributed by atoms with E-state index in [0.717, 1.165) is 30.5 Å². The molecule has 5 heteroatoms. The molecule has 0 bridgehead atoms. The van der Waals surface area contributed by atoms with Crippen LogP contribution in [0, 0.1) is 6.92 Å². The Labute approximate surface area is 165 Å². The highest BCUT2D eigenvalue weighted by atomic mass is 32.2. The van der Waals surface area contributed by atoms with Crippen LogP contribution in [0.15, 0.2) is 48.5 Å². The molecule has 0 saturated heterocycles. The van der Waals surface area contributed by atoms with Crippen molar-refractivity contribution in [2.24, 2.45) is 0 Å². The van der Waals surface area contributed by atoms with Crippen molar-refractivity contribution in [2.75, 3.05) is 11.1 Å². The van der Waals surface area contributed by atoms with Crippen molar-refractivity contribution in [1.29, 1.82) is 0 Å². The Balaban J connectivity index is 1.48. The molecule has 2 aromatic carbocycles. The minimum atomic E-state index is -0.275. The summed E-state index contributed by atoms with van der Waals surface area (Å²) in [6.45, 7) is 3.86. The summed E-state index contributed by atoms with van der Waals surface area (Å²) in [4.78, 5) is 24.7. The summed E-state index contributed by atoms with van der Waals surface area (Å²) in [5.41, 5.74) is 4.48. The number of thioether (sulfide) groups is 1. The molecule has 0 aliphatic heterocycles. The Morgan fingerprint density at radius 2 is 1.89 bits per heavy atom. The van der Waals surface area contributed by atoms with Crippen LogP contribution in [0.3, 0.4) is 0 Å². The van der Waals surface area contributed by atoms with Crippen molar-refractivity contribution in [3.05, 3.63) is 65.2 Å². The van der Waals surface area contributed by atoms with Gasteiger partial charge >= 0.3 is 0 Å². The predicted octanol–water partition coefficient (Wildman–Crippen LogP) is 4.25. The van der Waals surface area contributed by atoms with Crippen molar-refractivity contribution in [1.82, 2.24) is 5.32 Å². The van der Waals surface area contributed by atoms with Gasteiger partial charge in [-0.2, -0.15) is 0 Å². The highest BCUT2D eigenvalue weighted by Gasteiger charge is 2.24. The number of aryl methyl sites for hydroxylation is 2. The molecule has 2 N–H and O–H groups in total. The molecule has 2 aromatic rings. The largest absolute Gasteiger partial charge is 0.348 e. The molecule has 2 atom stereocenters. The Morgan fingerprint density at radius 3 is 2.67 bits per heavy atom. The fourth-order valence-electron chi connectivity index (χ4n) is 3.30. The maximum Gasteiger partial charge on any atom is 0.234 e. The Morgan fingerprint density at radius 1 is 1.15 bits per heavy atom. The molecule has 0 radical (unpaired) electrons. The molecule has 2 amide bonds. The summed E-state index contributed by atoms with van der Waals surface area (Å²) < 4.78 is 0. The fraction of sp³-hybridized carbons (Fsp3) is 0.364. The number of benzene rings is 2. The second-order valence-corrected chi connectivity index (χ2v) is 8.35. The first-order valence-electron chi connectivity index (χ1n) is 9.39. The summed E-state index contributed by atoms with van der Waals surface area (Å²) in [5, 5.41) is 5.75. The predicted molar refractivity (Wildman–Crippen MR) is 112 cm³/mol. The zero-order valence-electron chi connectivity index (χ0n) is 15.8. The van der Waals surface area contributed by atoms with Crippen LogP contribution in [-0.2, 0) is 16.0 Å². The Hall–Kier alpha value is -2.27. The third-order valence-electron chi connectivity index (χ3n) is 4.85. The van der Waals surface area contributed by atoms with Crippen LogP contribution in [-0.4, -0.2) is 22.8 Å². The van der Waals surface area contributed by atoms with Crippen LogP contribution in [0.1, 0.15) is 42.5 Å². The highest BCUT2D eigenvalue weighted by Crippen LogP contribution is 2.29. The van der Waals surface area contributed by atoms with Crippen molar-refractivity contribution < 1.29 is 9.59 Å². The van der Waals surface area contributed by atoms with E-state index >= 15 is 0 Å². The lowest BCUT2D eigenvalue weighted by Gasteiger charge is -2.27. The average molecular weight is 383 g/mol. The Bertz CT molecular complexity index is 804. The number of carbonyl (C=O) groups is 2. The molecule has 1 aliphatic rings. The molecule has 142 valence electrons. The lowest BCUT2D eigenvalue weighted by molar-refractivity contribution is -0.121. The first kappa shape index (κ1) is 19.5. The van der Waals surface area contributed by atoms with Crippen LogP contribution in [0.4, 0.5) is 5.69 Å². The van der Waals surface area contributed by atoms with E-state index in [9.17, 15) is 9.59 Å². The zero-order chi connectivity index (χ0) is 19.2. The van der Waals surface area contributed by atoms with Crippen LogP contribution in [0.2, 0.25) is 0 Å². The second kappa shape index (κ2) is 9.09. The monoisotopic (exact) mass is 382 g/mol. The van der Waals surface area contributed by atoms with Crippen molar-refractivity contribution in [3.63, 3.8) is 0 Å². The zero-order valence-corrected chi connectivity index (χ0v) is 16.6. The third kappa shape index (κ3) is 5.36. The molecular weight excluding hydrogens is 356 g/mol. The number of hydrogen-bond donors (Lipinski definition) is 2. The number of fused-ring (bicyclic) bond motifs is 1. The van der Waals surface area contributed by atoms with Gasteiger partial charge in [-0.15, -0.1) is 11.8 Å². The second-order valence-electron chi connectivity index (χ2n) is 7.02. The van der Waals surface area contributed by atoms with Gasteiger partial charge in [-0.1, -0.05) is 42.0 Å². The van der Waals surface area contributed by atoms with Crippen LogP contribution in [0.5, 0.6) is 0 Å². The summed E-state index contributed by atoms with van der Waals surface area (Å²) >= 11 is 1.36. The minimum absolute atomic E-state index is 0.00941. The molecular formula is C22H26N2O2S. The maximum absolute atomic E-state index is 12.6. The molecule has 1 aliphatic carbocycles. The van der Waals surface area contributed by atoms with Crippen molar-refractivity contribution in [3.8, 4) is 0 Å². The molecule has 27 heavy (non-hydrogen) atoms. The maximum atomic E-state index is 12.6. The quantitative estimate of drug-likeness (QED) is 0.785. The summed E-state index contributed by atoms with van der Waals surface area (Å²) in [5.74, 6) is 0.153. The third-order valence-corrected chi connectivity index (χ3v) is 6.00. The lowest BCUT2D eigenvalue weighted by Crippen LogP contribution is -2.36. The van der Waals surface area contributed by atoms with E-state index in [1.54, 1.807) is 0 Å². The minimum Gasteiger partial charge on any atom is -0.348 e. The number of rotatable bonds is 6. The SMILES string of the molecule is Cc1ccc(NC(=O)CS[C@H](C)C(=O)N[C@H]2CCCc3ccccc32)cc1. The van der Waals surface area contributed by atoms with Gasteiger partial charge in [0.2, 0.25) is 11.8 Å². The normalized spacial score (nSPS) is 16.9. The molecule has 0 fully saturated rings. The molecule has 0 saturated carbocycles.